The van der Waals surface area contributed by atoms with Gasteiger partial charge in [-0.2, -0.15) is 0 Å². The van der Waals surface area contributed by atoms with Crippen molar-refractivity contribution in [3.8, 4) is 0 Å². The van der Waals surface area contributed by atoms with Gasteiger partial charge in [0, 0.05) is 22.6 Å². The van der Waals surface area contributed by atoms with E-state index in [-0.39, 0.29) is 11.9 Å². The fourth-order valence-electron chi connectivity index (χ4n) is 6.19. The Balaban J connectivity index is 1.69. The lowest BCUT2D eigenvalue weighted by Crippen LogP contribution is -2.31. The maximum atomic E-state index is 11.5. The number of ether oxygens (including phenoxy) is 2. The first-order valence-corrected chi connectivity index (χ1v) is 15.2. The minimum atomic E-state index is -0.307. The van der Waals surface area contributed by atoms with Crippen LogP contribution in [0, 0.1) is 23.7 Å². The monoisotopic (exact) mass is 542 g/mol. The SMILES string of the molecule is C=C(C)C(=O)OCCC/C(C)=N/C1CCC(CC2CCC(/N=C(\C)CCCOC(=O)C(=C)C)C(C)C2)CC1C. The summed E-state index contributed by atoms with van der Waals surface area (Å²) in [7, 11) is 0. The van der Waals surface area contributed by atoms with Crippen LogP contribution < -0.4 is 0 Å². The molecule has 39 heavy (non-hydrogen) atoms. The molecule has 2 saturated carbocycles. The Kier molecular flexibility index (Phi) is 14.2. The van der Waals surface area contributed by atoms with Gasteiger partial charge in [-0.25, -0.2) is 9.59 Å². The van der Waals surface area contributed by atoms with Gasteiger partial charge in [-0.15, -0.1) is 0 Å². The molecule has 6 atom stereocenters. The Bertz CT molecular complexity index is 833. The first-order valence-electron chi connectivity index (χ1n) is 15.2. The lowest BCUT2D eigenvalue weighted by molar-refractivity contribution is -0.139. The van der Waals surface area contributed by atoms with E-state index in [0.717, 1.165) is 37.5 Å². The Morgan fingerprint density at radius 1 is 0.692 bits per heavy atom. The summed E-state index contributed by atoms with van der Waals surface area (Å²) >= 11 is 0. The van der Waals surface area contributed by atoms with E-state index < -0.39 is 0 Å². The van der Waals surface area contributed by atoms with Gasteiger partial charge in [0.2, 0.25) is 0 Å². The van der Waals surface area contributed by atoms with Crippen LogP contribution in [0.15, 0.2) is 34.3 Å². The molecule has 0 spiro atoms. The number of hydrogen-bond donors (Lipinski definition) is 0. The van der Waals surface area contributed by atoms with Crippen LogP contribution >= 0.6 is 0 Å². The van der Waals surface area contributed by atoms with Crippen molar-refractivity contribution < 1.29 is 19.1 Å². The van der Waals surface area contributed by atoms with Crippen molar-refractivity contribution in [2.45, 2.75) is 124 Å². The van der Waals surface area contributed by atoms with Crippen LogP contribution in [-0.2, 0) is 19.1 Å². The Labute approximate surface area is 237 Å². The molecule has 2 fully saturated rings. The average Bonchev–Trinajstić information content (AvgIpc) is 2.87. The highest BCUT2D eigenvalue weighted by Crippen LogP contribution is 2.40. The molecule has 6 nitrogen and oxygen atoms in total. The minimum Gasteiger partial charge on any atom is -0.462 e. The van der Waals surface area contributed by atoms with E-state index >= 15 is 0 Å². The molecule has 0 radical (unpaired) electrons. The number of carbonyl (C=O) groups excluding carboxylic acids is 2. The summed E-state index contributed by atoms with van der Waals surface area (Å²) in [5, 5.41) is 0. The normalized spacial score (nSPS) is 28.1. The molecule has 0 amide bonds. The van der Waals surface area contributed by atoms with Crippen molar-refractivity contribution in [2.75, 3.05) is 13.2 Å². The van der Waals surface area contributed by atoms with Crippen LogP contribution in [-0.4, -0.2) is 48.7 Å². The Hall–Kier alpha value is -2.24. The highest BCUT2D eigenvalue weighted by atomic mass is 16.5. The number of nitrogens with zero attached hydrogens (tertiary/aromatic N) is 2. The van der Waals surface area contributed by atoms with Gasteiger partial charge >= 0.3 is 11.9 Å². The van der Waals surface area contributed by atoms with Gasteiger partial charge in [-0.3, -0.25) is 9.98 Å². The molecule has 6 unspecified atom stereocenters. The lowest BCUT2D eigenvalue weighted by atomic mass is 9.70. The molecule has 0 N–H and O–H groups in total. The average molecular weight is 543 g/mol. The van der Waals surface area contributed by atoms with Gasteiger partial charge in [0.05, 0.1) is 25.3 Å². The summed E-state index contributed by atoms with van der Waals surface area (Å²) in [6.07, 6.45) is 12.2. The molecule has 0 aromatic heterocycles. The number of esters is 2. The molecule has 2 aliphatic carbocycles. The van der Waals surface area contributed by atoms with Gasteiger partial charge in [0.1, 0.15) is 0 Å². The topological polar surface area (TPSA) is 77.3 Å². The van der Waals surface area contributed by atoms with Crippen LogP contribution in [0.4, 0.5) is 0 Å². The maximum Gasteiger partial charge on any atom is 0.333 e. The fourth-order valence-corrected chi connectivity index (χ4v) is 6.19. The van der Waals surface area contributed by atoms with E-state index in [0.29, 0.717) is 48.3 Å². The van der Waals surface area contributed by atoms with Gasteiger partial charge in [0.15, 0.2) is 0 Å². The van der Waals surface area contributed by atoms with Crippen LogP contribution in [0.2, 0.25) is 0 Å². The quantitative estimate of drug-likeness (QED) is 0.0975. The Morgan fingerprint density at radius 3 is 1.41 bits per heavy atom. The number of carbonyl (C=O) groups is 2. The van der Waals surface area contributed by atoms with E-state index in [1.54, 1.807) is 13.8 Å². The summed E-state index contributed by atoms with van der Waals surface area (Å²) in [6, 6.07) is 0.853. The zero-order valence-corrected chi connectivity index (χ0v) is 25.6. The number of hydrogen-bond acceptors (Lipinski definition) is 6. The third kappa shape index (κ3) is 12.2. The van der Waals surface area contributed by atoms with Gasteiger partial charge in [0.25, 0.3) is 0 Å². The van der Waals surface area contributed by atoms with E-state index in [9.17, 15) is 9.59 Å². The molecule has 220 valence electrons. The number of aliphatic imine (C=N–C) groups is 2. The van der Waals surface area contributed by atoms with Crippen LogP contribution in [0.5, 0.6) is 0 Å². The van der Waals surface area contributed by atoms with Crippen LogP contribution in [0.1, 0.15) is 112 Å². The van der Waals surface area contributed by atoms with Gasteiger partial charge < -0.3 is 9.47 Å². The van der Waals surface area contributed by atoms with Gasteiger partial charge in [-0.1, -0.05) is 27.0 Å². The van der Waals surface area contributed by atoms with Crippen molar-refractivity contribution in [2.24, 2.45) is 33.7 Å². The molecule has 0 bridgehead atoms. The first kappa shape index (κ1) is 33.0. The van der Waals surface area contributed by atoms with Gasteiger partial charge in [-0.05, 0) is 122 Å². The molecule has 2 aliphatic rings. The highest BCUT2D eigenvalue weighted by molar-refractivity contribution is 5.87. The largest absolute Gasteiger partial charge is 0.462 e. The number of rotatable bonds is 14. The Morgan fingerprint density at radius 2 is 1.08 bits per heavy atom. The lowest BCUT2D eigenvalue weighted by Gasteiger charge is -2.37. The molecule has 0 aliphatic heterocycles. The van der Waals surface area contributed by atoms with Crippen molar-refractivity contribution in [1.82, 2.24) is 0 Å². The van der Waals surface area contributed by atoms with Crippen molar-refractivity contribution in [3.05, 3.63) is 24.3 Å². The standard InChI is InChI=1S/C33H54N2O4/c1-22(2)32(36)38-17-9-11-26(7)34-30-15-13-28(19-24(30)5)21-29-14-16-31(25(6)20-29)35-27(8)12-10-18-39-33(37)23(3)4/h24-25,28-31H,1,3,9-21H2,2,4-8H3/b34-26+,35-27+. The molecule has 0 aromatic rings. The zero-order valence-electron chi connectivity index (χ0n) is 25.6. The summed E-state index contributed by atoms with van der Waals surface area (Å²) in [5.41, 5.74) is 3.24. The second-order valence-electron chi connectivity index (χ2n) is 12.5. The van der Waals surface area contributed by atoms with Crippen molar-refractivity contribution in [3.63, 3.8) is 0 Å². The second-order valence-corrected chi connectivity index (χ2v) is 12.5. The van der Waals surface area contributed by atoms with Crippen LogP contribution in [0.3, 0.4) is 0 Å². The third-order valence-corrected chi connectivity index (χ3v) is 8.43. The fraction of sp³-hybridized carbons (Fsp3) is 0.758. The predicted octanol–water partition coefficient (Wildman–Crippen LogP) is 7.71. The molecule has 0 saturated heterocycles. The minimum absolute atomic E-state index is 0.307. The molecule has 6 heteroatoms. The smallest absolute Gasteiger partial charge is 0.333 e. The summed E-state index contributed by atoms with van der Waals surface area (Å²) < 4.78 is 10.4. The molecule has 2 rings (SSSR count). The summed E-state index contributed by atoms with van der Waals surface area (Å²) in [5.74, 6) is 2.26. The van der Waals surface area contributed by atoms with Crippen molar-refractivity contribution >= 4 is 23.4 Å². The zero-order chi connectivity index (χ0) is 28.9. The summed E-state index contributed by atoms with van der Waals surface area (Å²) in [4.78, 5) is 33.1. The maximum absolute atomic E-state index is 11.5. The molecular formula is C33H54N2O4. The van der Waals surface area contributed by atoms with Crippen LogP contribution in [0.25, 0.3) is 0 Å². The summed E-state index contributed by atoms with van der Waals surface area (Å²) in [6.45, 7) is 20.4. The van der Waals surface area contributed by atoms with Crippen molar-refractivity contribution in [1.29, 1.82) is 0 Å². The second kappa shape index (κ2) is 16.8. The molecular weight excluding hydrogens is 488 g/mol. The first-order chi connectivity index (χ1) is 18.5. The third-order valence-electron chi connectivity index (χ3n) is 8.43. The van der Waals surface area contributed by atoms with E-state index in [4.69, 9.17) is 19.5 Å². The predicted molar refractivity (Wildman–Crippen MR) is 161 cm³/mol. The van der Waals surface area contributed by atoms with E-state index in [2.05, 4.69) is 40.9 Å². The van der Waals surface area contributed by atoms with E-state index in [1.807, 2.05) is 0 Å². The molecule has 0 aromatic carbocycles. The highest BCUT2D eigenvalue weighted by Gasteiger charge is 2.32. The van der Waals surface area contributed by atoms with E-state index in [1.165, 1.54) is 56.4 Å². The molecule has 0 heterocycles.